The standard InChI is InChI=1S/C25H27FN4O3S/c1-3-25(16-29(2)17-25)34(31,32)21-8-5-18(6-9-21)22-10-7-19(13-23(22)26)24-14-20(33-28-24)15-30-12-4-11-27-30/h4-13,20H,3,14-17H2,1-2H3/t20-/m1/s1. The third-order valence-electron chi connectivity index (χ3n) is 6.79. The van der Waals surface area contributed by atoms with Crippen LogP contribution in [0.15, 0.2) is 71.0 Å². The Morgan fingerprint density at radius 1 is 1.15 bits per heavy atom. The normalized spacial score (nSPS) is 20.0. The van der Waals surface area contributed by atoms with Gasteiger partial charge in [0.15, 0.2) is 15.9 Å². The maximum absolute atomic E-state index is 15.0. The Kier molecular flexibility index (Phi) is 5.77. The van der Waals surface area contributed by atoms with Gasteiger partial charge in [-0.2, -0.15) is 5.10 Å². The molecule has 2 aromatic carbocycles. The first kappa shape index (κ1) is 22.7. The third-order valence-corrected chi connectivity index (χ3v) is 9.37. The minimum atomic E-state index is -3.47. The number of benzene rings is 2. The first-order valence-corrected chi connectivity index (χ1v) is 12.8. The van der Waals surface area contributed by atoms with Crippen LogP contribution in [0.1, 0.15) is 25.3 Å². The monoisotopic (exact) mass is 482 g/mol. The van der Waals surface area contributed by atoms with Crippen LogP contribution in [0, 0.1) is 5.82 Å². The minimum Gasteiger partial charge on any atom is -0.390 e. The number of hydrogen-bond acceptors (Lipinski definition) is 6. The van der Waals surface area contributed by atoms with E-state index in [0.717, 1.165) is 0 Å². The molecule has 1 fully saturated rings. The maximum atomic E-state index is 15.0. The summed E-state index contributed by atoms with van der Waals surface area (Å²) in [5.74, 6) is -0.392. The topological polar surface area (TPSA) is 76.8 Å². The molecule has 0 radical (unpaired) electrons. The fourth-order valence-electron chi connectivity index (χ4n) is 4.83. The van der Waals surface area contributed by atoms with Crippen LogP contribution in [0.5, 0.6) is 0 Å². The van der Waals surface area contributed by atoms with Crippen LogP contribution < -0.4 is 0 Å². The summed E-state index contributed by atoms with van der Waals surface area (Å²) in [4.78, 5) is 7.78. The number of oxime groups is 1. The number of halogens is 1. The predicted octanol–water partition coefficient (Wildman–Crippen LogP) is 3.75. The lowest BCUT2D eigenvalue weighted by Crippen LogP contribution is -2.63. The second kappa shape index (κ2) is 8.63. The Hall–Kier alpha value is -3.04. The van der Waals surface area contributed by atoms with Crippen molar-refractivity contribution in [1.82, 2.24) is 14.7 Å². The minimum absolute atomic E-state index is 0.144. The molecule has 0 saturated carbocycles. The molecule has 0 aliphatic carbocycles. The van der Waals surface area contributed by atoms with Gasteiger partial charge in [0.25, 0.3) is 0 Å². The molecule has 7 nitrogen and oxygen atoms in total. The van der Waals surface area contributed by atoms with Crippen LogP contribution >= 0.6 is 0 Å². The molecular weight excluding hydrogens is 455 g/mol. The van der Waals surface area contributed by atoms with Gasteiger partial charge in [-0.25, -0.2) is 12.8 Å². The Morgan fingerprint density at radius 2 is 1.88 bits per heavy atom. The summed E-state index contributed by atoms with van der Waals surface area (Å²) in [5.41, 5.74) is 2.40. The Labute approximate surface area is 198 Å². The van der Waals surface area contributed by atoms with Crippen LogP contribution in [0.4, 0.5) is 4.39 Å². The Bertz CT molecular complexity index is 1310. The maximum Gasteiger partial charge on any atom is 0.186 e. The predicted molar refractivity (Wildman–Crippen MR) is 128 cm³/mol. The van der Waals surface area contributed by atoms with E-state index in [4.69, 9.17) is 4.84 Å². The Morgan fingerprint density at radius 3 is 2.50 bits per heavy atom. The molecule has 1 saturated heterocycles. The van der Waals surface area contributed by atoms with Crippen molar-refractivity contribution < 1.29 is 17.6 Å². The second-order valence-electron chi connectivity index (χ2n) is 9.13. The van der Waals surface area contributed by atoms with Gasteiger partial charge in [-0.1, -0.05) is 36.3 Å². The molecule has 1 aromatic heterocycles. The van der Waals surface area contributed by atoms with Gasteiger partial charge < -0.3 is 9.74 Å². The van der Waals surface area contributed by atoms with Gasteiger partial charge >= 0.3 is 0 Å². The lowest BCUT2D eigenvalue weighted by Gasteiger charge is -2.47. The average molecular weight is 483 g/mol. The molecule has 5 rings (SSSR count). The van der Waals surface area contributed by atoms with Crippen LogP contribution in [-0.2, 0) is 21.2 Å². The van der Waals surface area contributed by atoms with Crippen molar-refractivity contribution in [3.63, 3.8) is 0 Å². The van der Waals surface area contributed by atoms with Crippen LogP contribution in [0.25, 0.3) is 11.1 Å². The third kappa shape index (κ3) is 3.92. The summed E-state index contributed by atoms with van der Waals surface area (Å²) in [7, 11) is -1.55. The smallest absolute Gasteiger partial charge is 0.186 e. The molecular formula is C25H27FN4O3S. The zero-order chi connectivity index (χ0) is 23.9. The van der Waals surface area contributed by atoms with E-state index in [2.05, 4.69) is 10.3 Å². The van der Waals surface area contributed by atoms with Crippen molar-refractivity contribution >= 4 is 15.5 Å². The van der Waals surface area contributed by atoms with E-state index in [1.54, 1.807) is 41.2 Å². The molecule has 9 heteroatoms. The van der Waals surface area contributed by atoms with Crippen molar-refractivity contribution in [2.75, 3.05) is 20.1 Å². The average Bonchev–Trinajstić information content (AvgIpc) is 3.49. The first-order valence-electron chi connectivity index (χ1n) is 11.3. The molecule has 178 valence electrons. The first-order chi connectivity index (χ1) is 16.3. The molecule has 2 aliphatic heterocycles. The number of hydrogen-bond donors (Lipinski definition) is 0. The highest BCUT2D eigenvalue weighted by molar-refractivity contribution is 7.93. The fraction of sp³-hybridized carbons (Fsp3) is 0.360. The van der Waals surface area contributed by atoms with Crippen molar-refractivity contribution in [2.45, 2.75) is 42.1 Å². The van der Waals surface area contributed by atoms with Gasteiger partial charge in [-0.15, -0.1) is 0 Å². The van der Waals surface area contributed by atoms with Gasteiger partial charge in [0, 0.05) is 43.0 Å². The molecule has 3 heterocycles. The summed E-state index contributed by atoms with van der Waals surface area (Å²) in [5, 5.41) is 8.31. The lowest BCUT2D eigenvalue weighted by molar-refractivity contribution is 0.0698. The van der Waals surface area contributed by atoms with E-state index in [-0.39, 0.29) is 11.0 Å². The highest BCUT2D eigenvalue weighted by Gasteiger charge is 2.51. The number of sulfone groups is 1. The zero-order valence-corrected chi connectivity index (χ0v) is 20.0. The van der Waals surface area contributed by atoms with E-state index in [0.29, 0.717) is 54.9 Å². The highest BCUT2D eigenvalue weighted by atomic mass is 32.2. The summed E-state index contributed by atoms with van der Waals surface area (Å²) in [6.07, 6.45) is 4.56. The van der Waals surface area contributed by atoms with E-state index >= 15 is 4.39 Å². The van der Waals surface area contributed by atoms with E-state index < -0.39 is 20.4 Å². The zero-order valence-electron chi connectivity index (χ0n) is 19.2. The highest BCUT2D eigenvalue weighted by Crippen LogP contribution is 2.37. The molecule has 2 aliphatic rings. The number of likely N-dealkylation sites (tertiary alicyclic amines) is 1. The molecule has 0 amide bonds. The quantitative estimate of drug-likeness (QED) is 0.513. The van der Waals surface area contributed by atoms with Gasteiger partial charge in [-0.05, 0) is 43.3 Å². The van der Waals surface area contributed by atoms with Crippen molar-refractivity contribution in [2.24, 2.45) is 5.16 Å². The second-order valence-corrected chi connectivity index (χ2v) is 11.5. The molecule has 0 N–H and O–H groups in total. The van der Waals surface area contributed by atoms with E-state index in [9.17, 15) is 8.42 Å². The van der Waals surface area contributed by atoms with Crippen LogP contribution in [0.3, 0.4) is 0 Å². The summed E-state index contributed by atoms with van der Waals surface area (Å²) < 4.78 is 42.5. The number of nitrogens with zero attached hydrogens (tertiary/aromatic N) is 4. The number of aromatic nitrogens is 2. The summed E-state index contributed by atoms with van der Waals surface area (Å²) in [6.45, 7) is 3.54. The van der Waals surface area contributed by atoms with Crippen LogP contribution in [0.2, 0.25) is 0 Å². The lowest BCUT2D eigenvalue weighted by atomic mass is 9.97. The molecule has 1 atom stereocenters. The van der Waals surface area contributed by atoms with Crippen molar-refractivity contribution in [3.8, 4) is 11.1 Å². The molecule has 0 bridgehead atoms. The molecule has 34 heavy (non-hydrogen) atoms. The van der Waals surface area contributed by atoms with Crippen molar-refractivity contribution in [1.29, 1.82) is 0 Å². The van der Waals surface area contributed by atoms with E-state index in [1.807, 2.05) is 37.2 Å². The van der Waals surface area contributed by atoms with Gasteiger partial charge in [0.2, 0.25) is 0 Å². The fourth-order valence-corrected chi connectivity index (χ4v) is 6.98. The molecule has 3 aromatic rings. The summed E-state index contributed by atoms with van der Waals surface area (Å²) in [6, 6.07) is 13.3. The molecule has 0 unspecified atom stereocenters. The van der Waals surface area contributed by atoms with Crippen LogP contribution in [-0.4, -0.2) is 59.8 Å². The largest absolute Gasteiger partial charge is 0.390 e. The number of rotatable bonds is 7. The SMILES string of the molecule is CCC1(S(=O)(=O)c2ccc(-c3ccc(C4=NO[C@@H](Cn5cccn5)C4)cc3F)cc2)CN(C)C1. The van der Waals surface area contributed by atoms with Gasteiger partial charge in [0.05, 0.1) is 17.2 Å². The van der Waals surface area contributed by atoms with E-state index in [1.165, 1.54) is 6.07 Å². The summed E-state index contributed by atoms with van der Waals surface area (Å²) >= 11 is 0. The van der Waals surface area contributed by atoms with Gasteiger partial charge in [0.1, 0.15) is 10.6 Å². The molecule has 0 spiro atoms. The Balaban J connectivity index is 1.31. The van der Waals surface area contributed by atoms with Crippen molar-refractivity contribution in [3.05, 3.63) is 72.3 Å². The van der Waals surface area contributed by atoms with Gasteiger partial charge in [-0.3, -0.25) is 4.68 Å².